The van der Waals surface area contributed by atoms with Gasteiger partial charge in [0.05, 0.1) is 12.7 Å². The van der Waals surface area contributed by atoms with E-state index < -0.39 is 0 Å². The molecule has 0 aromatic heterocycles. The average Bonchev–Trinajstić information content (AvgIpc) is 2.37. The number of nitrogens with two attached hydrogens (primary N) is 1. The zero-order valence-corrected chi connectivity index (χ0v) is 11.2. The van der Waals surface area contributed by atoms with E-state index in [9.17, 15) is 4.79 Å². The van der Waals surface area contributed by atoms with Crippen molar-refractivity contribution in [2.24, 2.45) is 5.73 Å². The van der Waals surface area contributed by atoms with Crippen LogP contribution in [-0.4, -0.2) is 37.6 Å². The summed E-state index contributed by atoms with van der Waals surface area (Å²) in [5.41, 5.74) is 9.77. The molecule has 0 saturated carbocycles. The van der Waals surface area contributed by atoms with E-state index in [1.807, 2.05) is 6.07 Å². The molecule has 0 aliphatic carbocycles. The summed E-state index contributed by atoms with van der Waals surface area (Å²) in [4.78, 5) is 14.2. The van der Waals surface area contributed by atoms with Gasteiger partial charge < -0.3 is 15.4 Å². The summed E-state index contributed by atoms with van der Waals surface area (Å²) in [6.45, 7) is 5.97. The standard InChI is InChI=1S/C14H20N2O2/c1-9-8-12(18-3)13-11(10(9)2)4-6-16(7-5-15)14(13)17/h8H,4-7,15H2,1-3H3. The Hall–Kier alpha value is -1.55. The van der Waals surface area contributed by atoms with Crippen molar-refractivity contribution in [2.45, 2.75) is 20.3 Å². The van der Waals surface area contributed by atoms with E-state index in [2.05, 4.69) is 13.8 Å². The third-order valence-electron chi connectivity index (χ3n) is 3.69. The molecule has 0 saturated heterocycles. The number of carbonyl (C=O) groups is 1. The molecule has 4 heteroatoms. The van der Waals surface area contributed by atoms with Crippen LogP contribution in [0, 0.1) is 13.8 Å². The van der Waals surface area contributed by atoms with E-state index in [0.717, 1.165) is 24.1 Å². The fourth-order valence-corrected chi connectivity index (χ4v) is 2.53. The Labute approximate surface area is 108 Å². The molecule has 0 atom stereocenters. The number of fused-ring (bicyclic) bond motifs is 1. The third-order valence-corrected chi connectivity index (χ3v) is 3.69. The molecule has 2 rings (SSSR count). The topological polar surface area (TPSA) is 55.6 Å². The first-order valence-corrected chi connectivity index (χ1v) is 6.26. The average molecular weight is 248 g/mol. The van der Waals surface area contributed by atoms with Crippen molar-refractivity contribution < 1.29 is 9.53 Å². The second-order valence-corrected chi connectivity index (χ2v) is 4.71. The number of carbonyl (C=O) groups excluding carboxylic acids is 1. The quantitative estimate of drug-likeness (QED) is 0.876. The zero-order valence-electron chi connectivity index (χ0n) is 11.2. The summed E-state index contributed by atoms with van der Waals surface area (Å²) in [7, 11) is 1.61. The van der Waals surface area contributed by atoms with Gasteiger partial charge in [-0.1, -0.05) is 0 Å². The van der Waals surface area contributed by atoms with Crippen LogP contribution < -0.4 is 10.5 Å². The van der Waals surface area contributed by atoms with E-state index >= 15 is 0 Å². The van der Waals surface area contributed by atoms with Crippen molar-refractivity contribution >= 4 is 5.91 Å². The Morgan fingerprint density at radius 2 is 2.17 bits per heavy atom. The Kier molecular flexibility index (Phi) is 3.57. The first-order chi connectivity index (χ1) is 8.60. The van der Waals surface area contributed by atoms with Gasteiger partial charge in [-0.15, -0.1) is 0 Å². The number of aryl methyl sites for hydroxylation is 1. The van der Waals surface area contributed by atoms with Crippen molar-refractivity contribution in [1.82, 2.24) is 4.90 Å². The summed E-state index contributed by atoms with van der Waals surface area (Å²) >= 11 is 0. The van der Waals surface area contributed by atoms with Crippen LogP contribution in [0.15, 0.2) is 6.07 Å². The minimum absolute atomic E-state index is 0.0432. The second-order valence-electron chi connectivity index (χ2n) is 4.71. The van der Waals surface area contributed by atoms with Crippen molar-refractivity contribution in [2.75, 3.05) is 26.7 Å². The van der Waals surface area contributed by atoms with E-state index in [1.54, 1.807) is 12.0 Å². The van der Waals surface area contributed by atoms with Gasteiger partial charge in [0.1, 0.15) is 5.75 Å². The molecule has 18 heavy (non-hydrogen) atoms. The van der Waals surface area contributed by atoms with Crippen LogP contribution in [0.3, 0.4) is 0 Å². The molecule has 0 unspecified atom stereocenters. The molecular weight excluding hydrogens is 228 g/mol. The van der Waals surface area contributed by atoms with Gasteiger partial charge in [0.25, 0.3) is 5.91 Å². The van der Waals surface area contributed by atoms with Gasteiger partial charge in [-0.3, -0.25) is 4.79 Å². The molecule has 1 aromatic rings. The molecule has 1 amide bonds. The van der Waals surface area contributed by atoms with Gasteiger partial charge >= 0.3 is 0 Å². The van der Waals surface area contributed by atoms with Crippen molar-refractivity contribution in [3.05, 3.63) is 28.3 Å². The lowest BCUT2D eigenvalue weighted by molar-refractivity contribution is 0.0740. The highest BCUT2D eigenvalue weighted by Gasteiger charge is 2.29. The van der Waals surface area contributed by atoms with E-state index in [1.165, 1.54) is 11.1 Å². The number of amides is 1. The second kappa shape index (κ2) is 4.98. The van der Waals surface area contributed by atoms with Gasteiger partial charge in [-0.05, 0) is 43.0 Å². The Balaban J connectivity index is 2.53. The lowest BCUT2D eigenvalue weighted by Crippen LogP contribution is -2.41. The minimum Gasteiger partial charge on any atom is -0.496 e. The summed E-state index contributed by atoms with van der Waals surface area (Å²) in [5.74, 6) is 0.724. The van der Waals surface area contributed by atoms with Crippen molar-refractivity contribution in [1.29, 1.82) is 0 Å². The molecule has 1 heterocycles. The van der Waals surface area contributed by atoms with Crippen LogP contribution in [0.2, 0.25) is 0 Å². The number of nitrogens with zero attached hydrogens (tertiary/aromatic N) is 1. The number of benzene rings is 1. The highest BCUT2D eigenvalue weighted by Crippen LogP contribution is 2.32. The number of hydrogen-bond acceptors (Lipinski definition) is 3. The molecule has 2 N–H and O–H groups in total. The normalized spacial score (nSPS) is 14.7. The Morgan fingerprint density at radius 3 is 2.78 bits per heavy atom. The number of hydrogen-bond donors (Lipinski definition) is 1. The fraction of sp³-hybridized carbons (Fsp3) is 0.500. The lowest BCUT2D eigenvalue weighted by atomic mass is 9.90. The molecule has 1 aliphatic rings. The lowest BCUT2D eigenvalue weighted by Gasteiger charge is -2.30. The minimum atomic E-state index is 0.0432. The van der Waals surface area contributed by atoms with Crippen LogP contribution in [-0.2, 0) is 6.42 Å². The molecule has 0 radical (unpaired) electrons. The SMILES string of the molecule is COc1cc(C)c(C)c2c1C(=O)N(CCN)CC2. The van der Waals surface area contributed by atoms with Crippen LogP contribution >= 0.6 is 0 Å². The van der Waals surface area contributed by atoms with Gasteiger partial charge in [0.15, 0.2) is 0 Å². The molecule has 98 valence electrons. The largest absolute Gasteiger partial charge is 0.496 e. The molecule has 0 bridgehead atoms. The van der Waals surface area contributed by atoms with Crippen LogP contribution in [0.5, 0.6) is 5.75 Å². The monoisotopic (exact) mass is 248 g/mol. The van der Waals surface area contributed by atoms with Crippen LogP contribution in [0.25, 0.3) is 0 Å². The molecule has 0 spiro atoms. The van der Waals surface area contributed by atoms with Gasteiger partial charge in [0.2, 0.25) is 0 Å². The van der Waals surface area contributed by atoms with E-state index in [4.69, 9.17) is 10.5 Å². The summed E-state index contributed by atoms with van der Waals surface area (Å²) in [6.07, 6.45) is 0.880. The maximum absolute atomic E-state index is 12.4. The summed E-state index contributed by atoms with van der Waals surface area (Å²) in [6, 6.07) is 1.94. The fourth-order valence-electron chi connectivity index (χ4n) is 2.53. The molecule has 0 fully saturated rings. The van der Waals surface area contributed by atoms with Crippen LogP contribution in [0.4, 0.5) is 0 Å². The Morgan fingerprint density at radius 1 is 1.44 bits per heavy atom. The predicted molar refractivity (Wildman–Crippen MR) is 71.1 cm³/mol. The van der Waals surface area contributed by atoms with Gasteiger partial charge in [-0.25, -0.2) is 0 Å². The van der Waals surface area contributed by atoms with E-state index in [-0.39, 0.29) is 5.91 Å². The van der Waals surface area contributed by atoms with Crippen LogP contribution in [0.1, 0.15) is 27.0 Å². The van der Waals surface area contributed by atoms with E-state index in [0.29, 0.717) is 18.8 Å². The maximum atomic E-state index is 12.4. The zero-order chi connectivity index (χ0) is 13.3. The first-order valence-electron chi connectivity index (χ1n) is 6.26. The summed E-state index contributed by atoms with van der Waals surface area (Å²) < 4.78 is 5.37. The molecule has 1 aliphatic heterocycles. The molecule has 1 aromatic carbocycles. The third kappa shape index (κ3) is 1.97. The van der Waals surface area contributed by atoms with Gasteiger partial charge in [-0.2, -0.15) is 0 Å². The van der Waals surface area contributed by atoms with Gasteiger partial charge in [0, 0.05) is 19.6 Å². The highest BCUT2D eigenvalue weighted by molar-refractivity contribution is 6.00. The van der Waals surface area contributed by atoms with Crippen molar-refractivity contribution in [3.63, 3.8) is 0 Å². The highest BCUT2D eigenvalue weighted by atomic mass is 16.5. The predicted octanol–water partition coefficient (Wildman–Crippen LogP) is 1.27. The summed E-state index contributed by atoms with van der Waals surface area (Å²) in [5, 5.41) is 0. The molecule has 4 nitrogen and oxygen atoms in total. The number of rotatable bonds is 3. The first kappa shape index (κ1) is 12.9. The smallest absolute Gasteiger partial charge is 0.257 e. The van der Waals surface area contributed by atoms with Crippen molar-refractivity contribution in [3.8, 4) is 5.75 Å². The number of ether oxygens (including phenoxy) is 1. The molecular formula is C14H20N2O2. The maximum Gasteiger partial charge on any atom is 0.257 e. The number of methoxy groups -OCH3 is 1. The Bertz CT molecular complexity index is 483.